The van der Waals surface area contributed by atoms with Crippen molar-refractivity contribution < 1.29 is 33.1 Å². The van der Waals surface area contributed by atoms with E-state index < -0.39 is 61.1 Å². The molecule has 2 aliphatic rings. The molecule has 0 bridgehead atoms. The van der Waals surface area contributed by atoms with Crippen molar-refractivity contribution in [3.05, 3.63) is 65.3 Å². The molecule has 55 heavy (non-hydrogen) atoms. The summed E-state index contributed by atoms with van der Waals surface area (Å²) < 4.78 is 32.1. The van der Waals surface area contributed by atoms with Gasteiger partial charge in [-0.15, -0.1) is 0 Å². The van der Waals surface area contributed by atoms with Gasteiger partial charge in [0.1, 0.15) is 30.0 Å². The zero-order chi connectivity index (χ0) is 40.2. The number of hydrogen-bond acceptors (Lipinski definition) is 11. The number of nitrogens with zero attached hydrogens (tertiary/aromatic N) is 6. The maximum Gasteiger partial charge on any atom is 0.351 e. The van der Waals surface area contributed by atoms with Crippen molar-refractivity contribution in [1.29, 1.82) is 0 Å². The summed E-state index contributed by atoms with van der Waals surface area (Å²) in [4.78, 5) is 81.7. The van der Waals surface area contributed by atoms with E-state index in [4.69, 9.17) is 14.0 Å². The fraction of sp³-hybridized carbons (Fsp3) is 0.750. The Balaban J connectivity index is 1.35. The fourth-order valence-electron chi connectivity index (χ4n) is 7.50. The molecule has 18 nitrogen and oxygen atoms in total. The number of anilines is 1. The highest BCUT2D eigenvalue weighted by molar-refractivity contribution is 7.44. The van der Waals surface area contributed by atoms with Crippen LogP contribution >= 0.6 is 7.82 Å². The average molecular weight is 792 g/mol. The number of unbranched alkanes of at least 4 members (excludes halogenated alkanes) is 12. The molecule has 0 aliphatic carbocycles. The topological polar surface area (TPSA) is 256 Å². The summed E-state index contributed by atoms with van der Waals surface area (Å²) in [6.45, 7) is 6.69. The Kier molecular flexibility index (Phi) is 16.4. The second-order valence-corrected chi connectivity index (χ2v) is 16.0. The van der Waals surface area contributed by atoms with Crippen LogP contribution in [0.2, 0.25) is 0 Å². The van der Waals surface area contributed by atoms with E-state index in [9.17, 15) is 39.1 Å². The number of hydrogen-bond donors (Lipinski definition) is 3. The van der Waals surface area contributed by atoms with E-state index >= 15 is 0 Å². The molecule has 0 radical (unpaired) electrons. The molecular weight excluding hydrogens is 735 g/mol. The van der Waals surface area contributed by atoms with Crippen LogP contribution in [0.4, 0.5) is 5.82 Å². The highest BCUT2D eigenvalue weighted by Crippen LogP contribution is 2.50. The minimum Gasteiger partial charge on any atom is -0.756 e. The molecule has 306 valence electrons. The van der Waals surface area contributed by atoms with E-state index in [2.05, 4.69) is 32.2 Å². The van der Waals surface area contributed by atoms with Gasteiger partial charge in [0.25, 0.3) is 13.4 Å². The molecule has 0 saturated carbocycles. The number of rotatable bonds is 22. The number of aromatic nitrogens is 4. The van der Waals surface area contributed by atoms with Crippen molar-refractivity contribution in [2.45, 2.75) is 173 Å². The van der Waals surface area contributed by atoms with Crippen LogP contribution in [0.15, 0.2) is 31.9 Å². The van der Waals surface area contributed by atoms with Crippen LogP contribution in [0.3, 0.4) is 0 Å². The van der Waals surface area contributed by atoms with Crippen LogP contribution in [0, 0.1) is 13.8 Å². The third-order valence-electron chi connectivity index (χ3n) is 10.5. The standard InChI is InChI=1S/C36H57N8O10P/c1-5-6-7-8-9-10-11-12-13-14-15-16-17-18-28(45)38-32-24(2)22-43(34(47)39-32)29-20-19-27(52-29)36(4,54-55(49,50)51)31-26(41-42-37)21-30(53-31)44-23-25(3)33(46)40-35(44)48/h22-23,26-27,29-31H,5-21H2,1-4H3,(H,40,46,48)(H2,49,50,51)(H,38,39,45,47)/p-1. The monoisotopic (exact) mass is 791 g/mol. The molecule has 1 amide bonds. The van der Waals surface area contributed by atoms with E-state index in [-0.39, 0.29) is 36.6 Å². The molecule has 3 N–H and O–H groups in total. The summed E-state index contributed by atoms with van der Waals surface area (Å²) in [5.74, 6) is -0.109. The fourth-order valence-corrected chi connectivity index (χ4v) is 8.22. The number of aromatic amines is 1. The molecule has 2 saturated heterocycles. The van der Waals surface area contributed by atoms with E-state index in [0.717, 1.165) is 30.3 Å². The van der Waals surface area contributed by atoms with Gasteiger partial charge in [-0.1, -0.05) is 89.1 Å². The predicted octanol–water partition coefficient (Wildman–Crippen LogP) is 5.71. The van der Waals surface area contributed by atoms with Gasteiger partial charge >= 0.3 is 11.4 Å². The van der Waals surface area contributed by atoms with Gasteiger partial charge in [0.2, 0.25) is 5.91 Å². The second-order valence-electron chi connectivity index (χ2n) is 14.9. The minimum absolute atomic E-state index is 0.107. The Hall–Kier alpha value is -3.63. The molecule has 4 heterocycles. The first-order valence-electron chi connectivity index (χ1n) is 19.5. The smallest absolute Gasteiger partial charge is 0.351 e. The molecule has 2 aromatic heterocycles. The van der Waals surface area contributed by atoms with Crippen molar-refractivity contribution in [2.75, 3.05) is 5.32 Å². The summed E-state index contributed by atoms with van der Waals surface area (Å²) in [5, 5.41) is 6.50. The molecular formula is C36H56N8O10P-. The highest BCUT2D eigenvalue weighted by Gasteiger charge is 2.56. The van der Waals surface area contributed by atoms with Gasteiger partial charge < -0.3 is 29.1 Å². The lowest BCUT2D eigenvalue weighted by Crippen LogP contribution is -2.55. The lowest BCUT2D eigenvalue weighted by atomic mass is 9.86. The number of aryl methyl sites for hydroxylation is 2. The summed E-state index contributed by atoms with van der Waals surface area (Å²) >= 11 is 0. The number of carbonyl (C=O) groups is 1. The molecule has 2 aliphatic heterocycles. The summed E-state index contributed by atoms with van der Waals surface area (Å²) in [5.41, 5.74) is 5.87. The molecule has 7 unspecified atom stereocenters. The number of phosphoric acid groups is 1. The number of nitrogens with one attached hydrogen (secondary N) is 2. The average Bonchev–Trinajstić information content (AvgIpc) is 3.78. The zero-order valence-corrected chi connectivity index (χ0v) is 33.2. The number of phosphoric ester groups is 1. The summed E-state index contributed by atoms with van der Waals surface area (Å²) in [6.07, 6.45) is 14.2. The molecule has 2 fully saturated rings. The van der Waals surface area contributed by atoms with Crippen LogP contribution in [0.5, 0.6) is 0 Å². The number of H-pyrrole nitrogens is 1. The third kappa shape index (κ3) is 12.4. The summed E-state index contributed by atoms with van der Waals surface area (Å²) in [6, 6.07) is -1.11. The van der Waals surface area contributed by atoms with Gasteiger partial charge in [0.05, 0.1) is 12.1 Å². The quantitative estimate of drug-likeness (QED) is 0.0428. The largest absolute Gasteiger partial charge is 0.756 e. The van der Waals surface area contributed by atoms with Crippen molar-refractivity contribution in [2.24, 2.45) is 5.11 Å². The lowest BCUT2D eigenvalue weighted by molar-refractivity contribution is -0.252. The van der Waals surface area contributed by atoms with Gasteiger partial charge in [0, 0.05) is 41.3 Å². The van der Waals surface area contributed by atoms with Crippen LogP contribution in [-0.4, -0.2) is 53.8 Å². The van der Waals surface area contributed by atoms with Crippen LogP contribution in [0.1, 0.15) is 147 Å². The molecule has 4 rings (SSSR count). The normalized spacial score (nSPS) is 23.2. The Morgan fingerprint density at radius 3 is 2.22 bits per heavy atom. The van der Waals surface area contributed by atoms with Gasteiger partial charge in [0.15, 0.2) is 0 Å². The maximum absolute atomic E-state index is 13.2. The van der Waals surface area contributed by atoms with Gasteiger partial charge in [-0.25, -0.2) is 9.59 Å². The van der Waals surface area contributed by atoms with Gasteiger partial charge in [-0.05, 0) is 45.6 Å². The second kappa shape index (κ2) is 20.5. The third-order valence-corrected chi connectivity index (χ3v) is 11.1. The number of carbonyl (C=O) groups excluding carboxylic acids is 1. The summed E-state index contributed by atoms with van der Waals surface area (Å²) in [7, 11) is -5.49. The van der Waals surface area contributed by atoms with E-state index in [1.165, 1.54) is 88.6 Å². The van der Waals surface area contributed by atoms with E-state index in [0.29, 0.717) is 12.0 Å². The minimum atomic E-state index is -5.49. The number of ether oxygens (including phenoxy) is 2. The Labute approximate surface area is 320 Å². The van der Waals surface area contributed by atoms with Crippen molar-refractivity contribution in [1.82, 2.24) is 19.1 Å². The molecule has 0 aromatic carbocycles. The first-order valence-corrected chi connectivity index (χ1v) is 21.0. The Bertz CT molecular complexity index is 1870. The van der Waals surface area contributed by atoms with Crippen molar-refractivity contribution in [3.8, 4) is 0 Å². The molecule has 0 spiro atoms. The first kappa shape index (κ1) is 44.1. The van der Waals surface area contributed by atoms with E-state index in [1.54, 1.807) is 6.92 Å². The van der Waals surface area contributed by atoms with Crippen LogP contribution < -0.4 is 27.1 Å². The Morgan fingerprint density at radius 2 is 1.62 bits per heavy atom. The number of azide groups is 1. The lowest BCUT2D eigenvalue weighted by Gasteiger charge is -2.42. The zero-order valence-electron chi connectivity index (χ0n) is 32.3. The van der Waals surface area contributed by atoms with Crippen LogP contribution in [0.25, 0.3) is 10.4 Å². The number of amides is 1. The Morgan fingerprint density at radius 1 is 1.02 bits per heavy atom. The van der Waals surface area contributed by atoms with Gasteiger partial charge in [-0.2, -0.15) is 4.98 Å². The van der Waals surface area contributed by atoms with Crippen molar-refractivity contribution >= 4 is 19.5 Å². The molecule has 7 atom stereocenters. The first-order chi connectivity index (χ1) is 26.2. The highest BCUT2D eigenvalue weighted by atomic mass is 31.2. The van der Waals surface area contributed by atoms with Crippen LogP contribution in [-0.2, 0) is 23.4 Å². The molecule has 2 aromatic rings. The SMILES string of the molecule is CCCCCCCCCCCCCCCC(=O)Nc1nc(=O)n(C2CCC(C(C)(OP(=O)([O-])O)C3OC(n4cc(C)c(=O)[nH]c4=O)CC3N=[N+]=[N-])O2)cc1C. The van der Waals surface area contributed by atoms with Gasteiger partial charge in [-0.3, -0.25) is 28.3 Å². The van der Waals surface area contributed by atoms with E-state index in [1.807, 2.05) is 0 Å². The maximum atomic E-state index is 13.2. The molecule has 19 heteroatoms. The predicted molar refractivity (Wildman–Crippen MR) is 202 cm³/mol. The van der Waals surface area contributed by atoms with Crippen molar-refractivity contribution in [3.63, 3.8) is 0 Å².